The molecule has 9 atom stereocenters. The van der Waals surface area contributed by atoms with Gasteiger partial charge < -0.3 is 19.3 Å². The molecule has 1 spiro atoms. The van der Waals surface area contributed by atoms with Crippen LogP contribution < -0.4 is 0 Å². The van der Waals surface area contributed by atoms with E-state index in [0.29, 0.717) is 11.8 Å². The van der Waals surface area contributed by atoms with Crippen LogP contribution in [0.15, 0.2) is 0 Å². The van der Waals surface area contributed by atoms with E-state index >= 15 is 0 Å². The molecule has 1 saturated carbocycles. The summed E-state index contributed by atoms with van der Waals surface area (Å²) < 4.78 is 18.5. The monoisotopic (exact) mass is 370 g/mol. The molecule has 0 radical (unpaired) electrons. The highest BCUT2D eigenvalue weighted by Crippen LogP contribution is 2.60. The number of hydrogen-bond acceptors (Lipinski definition) is 6. The Labute approximate surface area is 154 Å². The number of fused-ring (bicyclic) bond motifs is 2. The van der Waals surface area contributed by atoms with Gasteiger partial charge in [0.05, 0.1) is 12.5 Å². The van der Waals surface area contributed by atoms with E-state index in [1.807, 2.05) is 6.92 Å². The van der Waals surface area contributed by atoms with Crippen molar-refractivity contribution in [3.63, 3.8) is 0 Å². The molecule has 0 aromatic heterocycles. The van der Waals surface area contributed by atoms with E-state index in [2.05, 4.69) is 13.8 Å². The number of hydrogen-bond donors (Lipinski definition) is 1. The van der Waals surface area contributed by atoms with E-state index in [1.165, 1.54) is 0 Å². The highest BCUT2D eigenvalue weighted by atomic mass is 17.3. The van der Waals surface area contributed by atoms with Crippen molar-refractivity contribution >= 4 is 5.97 Å². The molecule has 4 aliphatic heterocycles. The maximum absolute atomic E-state index is 11.0. The van der Waals surface area contributed by atoms with E-state index in [1.54, 1.807) is 6.92 Å². The van der Waals surface area contributed by atoms with Gasteiger partial charge in [0, 0.05) is 18.3 Å². The average molecular weight is 370 g/mol. The molecule has 5 rings (SSSR count). The second-order valence-electron chi connectivity index (χ2n) is 8.82. The molecule has 4 heterocycles. The third-order valence-corrected chi connectivity index (χ3v) is 6.93. The fraction of sp³-hybridized carbons (Fsp3) is 0.947. The normalized spacial score (nSPS) is 51.4. The van der Waals surface area contributed by atoms with Crippen molar-refractivity contribution in [3.05, 3.63) is 0 Å². The molecular weight excluding hydrogens is 340 g/mol. The standard InChI is InChI=1S/C19H30O7/c1-10-5-6-14-12(3)16(22-11(2)9-15(20)21)23-17-19(14)13(10)7-8-18(4,24-17)25-26-19/h10-14,16-17H,5-9H2,1-4H3,(H,20,21)/t10-,11+,12-,13+,14+,16+,17-,18-,19-/m1/s1. The maximum atomic E-state index is 11.0. The molecule has 0 amide bonds. The quantitative estimate of drug-likeness (QED) is 0.761. The van der Waals surface area contributed by atoms with Gasteiger partial charge in [-0.25, -0.2) is 9.78 Å². The first-order chi connectivity index (χ1) is 12.2. The fourth-order valence-corrected chi connectivity index (χ4v) is 5.55. The number of aliphatic carboxylic acids is 1. The van der Waals surface area contributed by atoms with Crippen molar-refractivity contribution in [1.29, 1.82) is 0 Å². The lowest BCUT2D eigenvalue weighted by atomic mass is 9.58. The van der Waals surface area contributed by atoms with E-state index in [-0.39, 0.29) is 18.3 Å². The summed E-state index contributed by atoms with van der Waals surface area (Å²) in [5.74, 6) is -0.608. The van der Waals surface area contributed by atoms with Gasteiger partial charge in [-0.15, -0.1) is 0 Å². The molecular formula is C19H30O7. The predicted octanol–water partition coefficient (Wildman–Crippen LogP) is 3.07. The van der Waals surface area contributed by atoms with Crippen molar-refractivity contribution in [2.45, 2.75) is 89.9 Å². The first kappa shape index (κ1) is 18.6. The SMILES string of the molecule is C[C@H]1[C@@H](O[C@@H](C)CC(=O)O)O[C@@H]2O[C@@]3(C)CC[C@H]4[C@H](C)CC[C@@H]1[C@@]24OO3. The topological polar surface area (TPSA) is 83.5 Å². The molecule has 2 bridgehead atoms. The van der Waals surface area contributed by atoms with Gasteiger partial charge in [-0.3, -0.25) is 4.79 Å². The Bertz CT molecular complexity index is 568. The Morgan fingerprint density at radius 3 is 2.73 bits per heavy atom. The zero-order valence-corrected chi connectivity index (χ0v) is 16.0. The van der Waals surface area contributed by atoms with E-state index in [0.717, 1.165) is 25.7 Å². The molecule has 1 aliphatic carbocycles. The molecule has 5 aliphatic rings. The Hall–Kier alpha value is -0.730. The van der Waals surface area contributed by atoms with E-state index in [4.69, 9.17) is 29.1 Å². The summed E-state index contributed by atoms with van der Waals surface area (Å²) in [5, 5.41) is 9.01. The Morgan fingerprint density at radius 2 is 2.00 bits per heavy atom. The van der Waals surface area contributed by atoms with Crippen LogP contribution in [0.2, 0.25) is 0 Å². The maximum Gasteiger partial charge on any atom is 0.305 e. The van der Waals surface area contributed by atoms with Crippen LogP contribution in [0.1, 0.15) is 59.8 Å². The van der Waals surface area contributed by atoms with Gasteiger partial charge in [0.2, 0.25) is 5.79 Å². The molecule has 7 heteroatoms. The second kappa shape index (κ2) is 6.41. The Kier molecular flexibility index (Phi) is 4.59. The van der Waals surface area contributed by atoms with Crippen LogP contribution in [0.4, 0.5) is 0 Å². The van der Waals surface area contributed by atoms with Crippen molar-refractivity contribution in [2.75, 3.05) is 0 Å². The lowest BCUT2D eigenvalue weighted by molar-refractivity contribution is -0.578. The Balaban J connectivity index is 1.63. The summed E-state index contributed by atoms with van der Waals surface area (Å²) >= 11 is 0. The predicted molar refractivity (Wildman–Crippen MR) is 89.6 cm³/mol. The van der Waals surface area contributed by atoms with Crippen LogP contribution in [-0.4, -0.2) is 41.1 Å². The largest absolute Gasteiger partial charge is 0.481 e. The lowest BCUT2D eigenvalue weighted by Crippen LogP contribution is -2.70. The highest BCUT2D eigenvalue weighted by molar-refractivity contribution is 5.67. The van der Waals surface area contributed by atoms with Crippen molar-refractivity contribution in [2.24, 2.45) is 23.7 Å². The van der Waals surface area contributed by atoms with E-state index < -0.39 is 36.0 Å². The molecule has 5 fully saturated rings. The number of carboxylic acids is 1. The van der Waals surface area contributed by atoms with Gasteiger partial charge >= 0.3 is 5.97 Å². The summed E-state index contributed by atoms with van der Waals surface area (Å²) in [6.07, 6.45) is 2.34. The van der Waals surface area contributed by atoms with Crippen LogP contribution in [0.3, 0.4) is 0 Å². The van der Waals surface area contributed by atoms with Crippen molar-refractivity contribution < 1.29 is 33.9 Å². The zero-order chi connectivity index (χ0) is 18.7. The van der Waals surface area contributed by atoms with Gasteiger partial charge in [0.25, 0.3) is 0 Å². The summed E-state index contributed by atoms with van der Waals surface area (Å²) in [4.78, 5) is 22.8. The van der Waals surface area contributed by atoms with Crippen LogP contribution in [0.25, 0.3) is 0 Å². The minimum absolute atomic E-state index is 0.0507. The third kappa shape index (κ3) is 2.79. The molecule has 148 valence electrons. The summed E-state index contributed by atoms with van der Waals surface area (Å²) in [7, 11) is 0. The number of carboxylic acid groups (broad SMARTS) is 1. The van der Waals surface area contributed by atoms with Gasteiger partial charge in [-0.05, 0) is 44.9 Å². The molecule has 0 aromatic rings. The summed E-state index contributed by atoms with van der Waals surface area (Å²) in [5.41, 5.74) is -0.608. The summed E-state index contributed by atoms with van der Waals surface area (Å²) in [6, 6.07) is 0. The van der Waals surface area contributed by atoms with Crippen molar-refractivity contribution in [3.8, 4) is 0 Å². The minimum atomic E-state index is -0.877. The molecule has 7 nitrogen and oxygen atoms in total. The number of carbonyl (C=O) groups is 1. The minimum Gasteiger partial charge on any atom is -0.481 e. The average Bonchev–Trinajstić information content (AvgIpc) is 2.78. The van der Waals surface area contributed by atoms with Crippen LogP contribution in [0, 0.1) is 23.7 Å². The van der Waals surface area contributed by atoms with Crippen LogP contribution >= 0.6 is 0 Å². The number of rotatable bonds is 4. The molecule has 26 heavy (non-hydrogen) atoms. The Morgan fingerprint density at radius 1 is 1.23 bits per heavy atom. The first-order valence-corrected chi connectivity index (χ1v) is 9.82. The lowest BCUT2D eigenvalue weighted by Gasteiger charge is -2.60. The van der Waals surface area contributed by atoms with Gasteiger partial charge in [0.1, 0.15) is 0 Å². The van der Waals surface area contributed by atoms with E-state index in [9.17, 15) is 4.79 Å². The van der Waals surface area contributed by atoms with Gasteiger partial charge in [-0.2, -0.15) is 0 Å². The third-order valence-electron chi connectivity index (χ3n) is 6.93. The second-order valence-corrected chi connectivity index (χ2v) is 8.82. The summed E-state index contributed by atoms with van der Waals surface area (Å²) in [6.45, 7) is 8.03. The number of ether oxygens (including phenoxy) is 3. The van der Waals surface area contributed by atoms with Gasteiger partial charge in [-0.1, -0.05) is 13.8 Å². The van der Waals surface area contributed by atoms with Crippen molar-refractivity contribution in [1.82, 2.24) is 0 Å². The molecule has 1 N–H and O–H groups in total. The van der Waals surface area contributed by atoms with Crippen LogP contribution in [0.5, 0.6) is 0 Å². The van der Waals surface area contributed by atoms with Crippen LogP contribution in [-0.2, 0) is 28.8 Å². The zero-order valence-electron chi connectivity index (χ0n) is 16.0. The highest BCUT2D eigenvalue weighted by Gasteiger charge is 2.69. The molecule has 0 unspecified atom stereocenters. The smallest absolute Gasteiger partial charge is 0.305 e. The first-order valence-electron chi connectivity index (χ1n) is 9.82. The fourth-order valence-electron chi connectivity index (χ4n) is 5.55. The van der Waals surface area contributed by atoms with Gasteiger partial charge in [0.15, 0.2) is 18.2 Å². The molecule has 4 saturated heterocycles. The molecule has 0 aromatic carbocycles.